The van der Waals surface area contributed by atoms with E-state index in [1.807, 2.05) is 13.2 Å². The number of hydrogen-bond donors (Lipinski definition) is 1. The Morgan fingerprint density at radius 2 is 2.47 bits per heavy atom. The lowest BCUT2D eigenvalue weighted by Gasteiger charge is -2.13. The first-order chi connectivity index (χ1) is 7.25. The Bertz CT molecular complexity index is 312. The van der Waals surface area contributed by atoms with E-state index in [0.717, 1.165) is 18.8 Å². The Balaban J connectivity index is 1.70. The molecule has 2 rings (SSSR count). The topological polar surface area (TPSA) is 42.7 Å². The maximum atomic E-state index is 6.19. The van der Waals surface area contributed by atoms with Gasteiger partial charge in [-0.3, -0.25) is 4.68 Å². The van der Waals surface area contributed by atoms with Gasteiger partial charge in [0.15, 0.2) is 0 Å². The van der Waals surface area contributed by atoms with Gasteiger partial charge in [-0.1, -0.05) is 11.6 Å². The van der Waals surface area contributed by atoms with Gasteiger partial charge in [0.2, 0.25) is 0 Å². The molecular weight excluding hydrogens is 212 g/mol. The summed E-state index contributed by atoms with van der Waals surface area (Å²) in [4.78, 5) is 0. The van der Waals surface area contributed by atoms with Crippen molar-refractivity contribution in [2.75, 3.05) is 6.54 Å². The largest absolute Gasteiger partial charge is 0.311 e. The van der Waals surface area contributed by atoms with Crippen LogP contribution < -0.4 is 5.32 Å². The van der Waals surface area contributed by atoms with Crippen LogP contribution in [0.2, 0.25) is 0 Å². The third-order valence-corrected chi connectivity index (χ3v) is 3.50. The van der Waals surface area contributed by atoms with Crippen LogP contribution >= 0.6 is 11.6 Å². The molecule has 1 heterocycles. The summed E-state index contributed by atoms with van der Waals surface area (Å²) in [5.74, 6) is 0.628. The van der Waals surface area contributed by atoms with E-state index in [9.17, 15) is 0 Å². The highest BCUT2D eigenvalue weighted by molar-refractivity contribution is 6.20. The SMILES string of the molecule is Cn1cc(CNCC2CCCC2Cl)nn1. The second-order valence-electron chi connectivity index (χ2n) is 4.22. The van der Waals surface area contributed by atoms with Crippen molar-refractivity contribution in [3.05, 3.63) is 11.9 Å². The Morgan fingerprint density at radius 1 is 1.60 bits per heavy atom. The maximum absolute atomic E-state index is 6.19. The quantitative estimate of drug-likeness (QED) is 0.791. The van der Waals surface area contributed by atoms with E-state index in [1.165, 1.54) is 19.3 Å². The molecule has 1 N–H and O–H groups in total. The molecule has 1 aliphatic carbocycles. The second-order valence-corrected chi connectivity index (χ2v) is 4.78. The molecule has 1 fully saturated rings. The van der Waals surface area contributed by atoms with E-state index in [4.69, 9.17) is 11.6 Å². The van der Waals surface area contributed by atoms with Crippen LogP contribution in [0.4, 0.5) is 0 Å². The van der Waals surface area contributed by atoms with Crippen molar-refractivity contribution in [2.45, 2.75) is 31.2 Å². The summed E-state index contributed by atoms with van der Waals surface area (Å²) >= 11 is 6.19. The number of nitrogens with one attached hydrogen (secondary N) is 1. The number of halogens is 1. The molecule has 0 bridgehead atoms. The fraction of sp³-hybridized carbons (Fsp3) is 0.800. The molecule has 1 saturated carbocycles. The number of aromatic nitrogens is 3. The molecule has 1 aromatic rings. The van der Waals surface area contributed by atoms with Crippen molar-refractivity contribution < 1.29 is 0 Å². The van der Waals surface area contributed by atoms with Crippen molar-refractivity contribution in [3.8, 4) is 0 Å². The van der Waals surface area contributed by atoms with Gasteiger partial charge >= 0.3 is 0 Å². The van der Waals surface area contributed by atoms with Crippen LogP contribution in [-0.2, 0) is 13.6 Å². The Labute approximate surface area is 95.0 Å². The molecule has 1 aliphatic rings. The standard InChI is InChI=1S/C10H17ClN4/c1-15-7-9(13-14-15)6-12-5-8-3-2-4-10(8)11/h7-8,10,12H,2-6H2,1H3. The molecule has 0 radical (unpaired) electrons. The van der Waals surface area contributed by atoms with Crippen LogP contribution in [0.25, 0.3) is 0 Å². The minimum Gasteiger partial charge on any atom is -0.311 e. The third kappa shape index (κ3) is 2.92. The van der Waals surface area contributed by atoms with E-state index >= 15 is 0 Å². The Hall–Kier alpha value is -0.610. The average molecular weight is 229 g/mol. The van der Waals surface area contributed by atoms with Gasteiger partial charge in [-0.2, -0.15) is 0 Å². The zero-order chi connectivity index (χ0) is 10.7. The highest BCUT2D eigenvalue weighted by Crippen LogP contribution is 2.29. The van der Waals surface area contributed by atoms with Gasteiger partial charge in [0, 0.05) is 25.2 Å². The first-order valence-electron chi connectivity index (χ1n) is 5.45. The van der Waals surface area contributed by atoms with E-state index in [-0.39, 0.29) is 0 Å². The summed E-state index contributed by atoms with van der Waals surface area (Å²) in [7, 11) is 1.88. The molecule has 2 unspecified atom stereocenters. The summed E-state index contributed by atoms with van der Waals surface area (Å²) < 4.78 is 1.72. The van der Waals surface area contributed by atoms with Crippen molar-refractivity contribution in [2.24, 2.45) is 13.0 Å². The molecule has 4 nitrogen and oxygen atoms in total. The van der Waals surface area contributed by atoms with E-state index in [0.29, 0.717) is 11.3 Å². The first kappa shape index (κ1) is 10.9. The van der Waals surface area contributed by atoms with Crippen molar-refractivity contribution in [1.82, 2.24) is 20.3 Å². The second kappa shape index (κ2) is 4.94. The van der Waals surface area contributed by atoms with Crippen LogP contribution in [-0.4, -0.2) is 26.9 Å². The highest BCUT2D eigenvalue weighted by Gasteiger charge is 2.24. The van der Waals surface area contributed by atoms with E-state index < -0.39 is 0 Å². The van der Waals surface area contributed by atoms with Crippen LogP contribution in [0.15, 0.2) is 6.20 Å². The summed E-state index contributed by atoms with van der Waals surface area (Å²) in [6, 6.07) is 0. The molecule has 0 amide bonds. The zero-order valence-electron chi connectivity index (χ0n) is 8.99. The normalized spacial score (nSPS) is 26.0. The molecule has 84 valence electrons. The van der Waals surface area contributed by atoms with E-state index in [2.05, 4.69) is 15.6 Å². The van der Waals surface area contributed by atoms with Gasteiger partial charge in [-0.25, -0.2) is 0 Å². The number of alkyl halides is 1. The molecule has 15 heavy (non-hydrogen) atoms. The lowest BCUT2D eigenvalue weighted by Crippen LogP contribution is -2.25. The molecule has 1 aromatic heterocycles. The highest BCUT2D eigenvalue weighted by atomic mass is 35.5. The monoisotopic (exact) mass is 228 g/mol. The van der Waals surface area contributed by atoms with Gasteiger partial charge in [-0.05, 0) is 25.3 Å². The Kier molecular flexibility index (Phi) is 3.59. The van der Waals surface area contributed by atoms with Crippen LogP contribution in [0, 0.1) is 5.92 Å². The average Bonchev–Trinajstić information content (AvgIpc) is 2.77. The summed E-state index contributed by atoms with van der Waals surface area (Å²) in [6.45, 7) is 1.78. The molecule has 0 aromatic carbocycles. The maximum Gasteiger partial charge on any atom is 0.0964 e. The van der Waals surface area contributed by atoms with Gasteiger partial charge < -0.3 is 5.32 Å². The summed E-state index contributed by atoms with van der Waals surface area (Å²) in [5, 5.41) is 11.6. The lowest BCUT2D eigenvalue weighted by atomic mass is 10.1. The van der Waals surface area contributed by atoms with Gasteiger partial charge in [0.1, 0.15) is 0 Å². The van der Waals surface area contributed by atoms with Gasteiger partial charge in [0.25, 0.3) is 0 Å². The van der Waals surface area contributed by atoms with Crippen molar-refractivity contribution in [3.63, 3.8) is 0 Å². The fourth-order valence-electron chi connectivity index (χ4n) is 2.08. The lowest BCUT2D eigenvalue weighted by molar-refractivity contribution is 0.491. The predicted molar refractivity (Wildman–Crippen MR) is 59.7 cm³/mol. The Morgan fingerprint density at radius 3 is 3.07 bits per heavy atom. The number of nitrogens with zero attached hydrogens (tertiary/aromatic N) is 3. The summed E-state index contributed by atoms with van der Waals surface area (Å²) in [5.41, 5.74) is 0.988. The molecule has 0 saturated heterocycles. The molecule has 2 atom stereocenters. The van der Waals surface area contributed by atoms with Crippen LogP contribution in [0.5, 0.6) is 0 Å². The van der Waals surface area contributed by atoms with Gasteiger partial charge in [0.05, 0.1) is 5.69 Å². The van der Waals surface area contributed by atoms with Crippen molar-refractivity contribution in [1.29, 1.82) is 0 Å². The minimum absolute atomic E-state index is 0.361. The van der Waals surface area contributed by atoms with Crippen LogP contribution in [0.3, 0.4) is 0 Å². The van der Waals surface area contributed by atoms with E-state index in [1.54, 1.807) is 4.68 Å². The fourth-order valence-corrected chi connectivity index (χ4v) is 2.45. The number of rotatable bonds is 4. The third-order valence-electron chi connectivity index (χ3n) is 2.93. The van der Waals surface area contributed by atoms with Gasteiger partial charge in [-0.15, -0.1) is 16.7 Å². The predicted octanol–water partition coefficient (Wildman–Crippen LogP) is 1.31. The molecular formula is C10H17ClN4. The first-order valence-corrected chi connectivity index (χ1v) is 5.89. The molecule has 0 aliphatic heterocycles. The summed E-state index contributed by atoms with van der Waals surface area (Å²) in [6.07, 6.45) is 5.62. The molecule has 0 spiro atoms. The zero-order valence-corrected chi connectivity index (χ0v) is 9.74. The smallest absolute Gasteiger partial charge is 0.0964 e. The van der Waals surface area contributed by atoms with Crippen LogP contribution in [0.1, 0.15) is 25.0 Å². The minimum atomic E-state index is 0.361. The number of aryl methyl sites for hydroxylation is 1. The molecule has 5 heteroatoms. The number of hydrogen-bond acceptors (Lipinski definition) is 3. The van der Waals surface area contributed by atoms with Crippen molar-refractivity contribution >= 4 is 11.6 Å².